The van der Waals surface area contributed by atoms with Crippen molar-refractivity contribution in [3.63, 3.8) is 0 Å². The van der Waals surface area contributed by atoms with Gasteiger partial charge >= 0.3 is 0 Å². The molecule has 140 valence electrons. The van der Waals surface area contributed by atoms with Crippen molar-refractivity contribution in [2.75, 3.05) is 13.7 Å². The van der Waals surface area contributed by atoms with Gasteiger partial charge in [0.15, 0.2) is 18.2 Å². The zero-order chi connectivity index (χ0) is 19.4. The van der Waals surface area contributed by atoms with Gasteiger partial charge in [0, 0.05) is 24.8 Å². The number of benzene rings is 2. The van der Waals surface area contributed by atoms with Crippen molar-refractivity contribution in [1.82, 2.24) is 14.7 Å². The summed E-state index contributed by atoms with van der Waals surface area (Å²) in [6.45, 7) is 4.10. The lowest BCUT2D eigenvalue weighted by molar-refractivity contribution is -0.132. The van der Waals surface area contributed by atoms with E-state index in [4.69, 9.17) is 4.74 Å². The highest BCUT2D eigenvalue weighted by molar-refractivity contribution is 5.77. The van der Waals surface area contributed by atoms with Gasteiger partial charge in [0.05, 0.1) is 11.4 Å². The second-order valence-corrected chi connectivity index (χ2v) is 6.37. The van der Waals surface area contributed by atoms with Crippen LogP contribution in [0, 0.1) is 19.7 Å². The number of nitrogens with zero attached hydrogens (tertiary/aromatic N) is 3. The van der Waals surface area contributed by atoms with E-state index in [1.807, 2.05) is 48.9 Å². The van der Waals surface area contributed by atoms with Crippen LogP contribution in [0.15, 0.2) is 54.6 Å². The molecule has 0 unspecified atom stereocenters. The van der Waals surface area contributed by atoms with E-state index in [0.717, 1.165) is 22.6 Å². The lowest BCUT2D eigenvalue weighted by Crippen LogP contribution is -2.31. The largest absolute Gasteiger partial charge is 0.481 e. The third-order valence-electron chi connectivity index (χ3n) is 4.45. The van der Waals surface area contributed by atoms with Gasteiger partial charge in [0.1, 0.15) is 0 Å². The Morgan fingerprint density at radius 3 is 2.48 bits per heavy atom. The molecule has 0 N–H and O–H groups in total. The van der Waals surface area contributed by atoms with Gasteiger partial charge in [-0.2, -0.15) is 5.10 Å². The van der Waals surface area contributed by atoms with E-state index >= 15 is 0 Å². The molecule has 1 aromatic heterocycles. The summed E-state index contributed by atoms with van der Waals surface area (Å²) >= 11 is 0. The van der Waals surface area contributed by atoms with Gasteiger partial charge in [0.25, 0.3) is 5.91 Å². The fourth-order valence-electron chi connectivity index (χ4n) is 2.86. The Labute approximate surface area is 158 Å². The summed E-state index contributed by atoms with van der Waals surface area (Å²) in [5.41, 5.74) is 3.81. The van der Waals surface area contributed by atoms with E-state index in [0.29, 0.717) is 6.54 Å². The topological polar surface area (TPSA) is 47.4 Å². The molecule has 3 aromatic rings. The van der Waals surface area contributed by atoms with Crippen molar-refractivity contribution in [2.24, 2.45) is 0 Å². The van der Waals surface area contributed by atoms with Gasteiger partial charge in [-0.25, -0.2) is 9.07 Å². The molecule has 0 radical (unpaired) electrons. The molecule has 0 saturated heterocycles. The molecule has 0 fully saturated rings. The minimum Gasteiger partial charge on any atom is -0.481 e. The minimum absolute atomic E-state index is 0.0727. The van der Waals surface area contributed by atoms with Crippen molar-refractivity contribution in [3.8, 4) is 11.4 Å². The minimum atomic E-state index is -0.483. The van der Waals surface area contributed by atoms with Gasteiger partial charge < -0.3 is 9.64 Å². The summed E-state index contributed by atoms with van der Waals surface area (Å²) in [7, 11) is 1.70. The highest BCUT2D eigenvalue weighted by Gasteiger charge is 2.18. The van der Waals surface area contributed by atoms with Crippen LogP contribution in [0.4, 0.5) is 4.39 Å². The number of aryl methyl sites for hydroxylation is 1. The molecule has 6 heteroatoms. The highest BCUT2D eigenvalue weighted by Crippen LogP contribution is 2.20. The molecule has 27 heavy (non-hydrogen) atoms. The first-order valence-corrected chi connectivity index (χ1v) is 8.69. The van der Waals surface area contributed by atoms with Crippen molar-refractivity contribution >= 4 is 5.91 Å². The quantitative estimate of drug-likeness (QED) is 0.668. The molecule has 0 atom stereocenters. The molecule has 0 saturated carbocycles. The molecule has 1 amide bonds. The zero-order valence-electron chi connectivity index (χ0n) is 15.6. The number of rotatable bonds is 6. The molecule has 0 spiro atoms. The molecule has 3 rings (SSSR count). The van der Waals surface area contributed by atoms with Gasteiger partial charge in [-0.15, -0.1) is 0 Å². The SMILES string of the molecule is Cc1nn(-c2ccccc2)c(C)c1CN(C)C(=O)COc1ccccc1F. The van der Waals surface area contributed by atoms with Gasteiger partial charge in [-0.3, -0.25) is 4.79 Å². The average Bonchev–Trinajstić information content (AvgIpc) is 2.96. The van der Waals surface area contributed by atoms with Crippen LogP contribution in [0.1, 0.15) is 17.0 Å². The summed E-state index contributed by atoms with van der Waals surface area (Å²) in [5.74, 6) is -0.642. The predicted octanol–water partition coefficient (Wildman–Crippen LogP) is 3.67. The number of halogens is 1. The molecular formula is C21H22FN3O2. The fourth-order valence-corrected chi connectivity index (χ4v) is 2.86. The van der Waals surface area contributed by atoms with Crippen molar-refractivity contribution in [2.45, 2.75) is 20.4 Å². The van der Waals surface area contributed by atoms with Crippen LogP contribution in [0.25, 0.3) is 5.69 Å². The first kappa shape index (κ1) is 18.6. The molecule has 1 heterocycles. The lowest BCUT2D eigenvalue weighted by Gasteiger charge is -2.18. The summed E-state index contributed by atoms with van der Waals surface area (Å²) in [6, 6.07) is 15.9. The molecular weight excluding hydrogens is 345 g/mol. The Balaban J connectivity index is 1.69. The van der Waals surface area contributed by atoms with E-state index in [2.05, 4.69) is 5.10 Å². The van der Waals surface area contributed by atoms with Crippen LogP contribution in [-0.4, -0.2) is 34.2 Å². The number of hydrogen-bond donors (Lipinski definition) is 0. The Morgan fingerprint density at radius 1 is 1.11 bits per heavy atom. The number of para-hydroxylation sites is 2. The molecule has 0 aliphatic rings. The van der Waals surface area contributed by atoms with Crippen molar-refractivity contribution < 1.29 is 13.9 Å². The maximum absolute atomic E-state index is 13.6. The summed E-state index contributed by atoms with van der Waals surface area (Å²) in [6.07, 6.45) is 0. The van der Waals surface area contributed by atoms with Gasteiger partial charge in [-0.05, 0) is 38.1 Å². The molecule has 2 aromatic carbocycles. The molecule has 5 nitrogen and oxygen atoms in total. The summed E-state index contributed by atoms with van der Waals surface area (Å²) < 4.78 is 20.8. The molecule has 0 aliphatic heterocycles. The fraction of sp³-hybridized carbons (Fsp3) is 0.238. The number of hydrogen-bond acceptors (Lipinski definition) is 3. The summed E-state index contributed by atoms with van der Waals surface area (Å²) in [5, 5.41) is 4.60. The average molecular weight is 367 g/mol. The Morgan fingerprint density at radius 2 is 1.78 bits per heavy atom. The van der Waals surface area contributed by atoms with E-state index < -0.39 is 5.82 Å². The smallest absolute Gasteiger partial charge is 0.260 e. The van der Waals surface area contributed by atoms with E-state index in [1.165, 1.54) is 12.1 Å². The third-order valence-corrected chi connectivity index (χ3v) is 4.45. The van der Waals surface area contributed by atoms with Crippen molar-refractivity contribution in [1.29, 1.82) is 0 Å². The zero-order valence-corrected chi connectivity index (χ0v) is 15.6. The maximum Gasteiger partial charge on any atom is 0.260 e. The second kappa shape index (κ2) is 8.03. The molecule has 0 bridgehead atoms. The van der Waals surface area contributed by atoms with E-state index in [-0.39, 0.29) is 18.3 Å². The normalized spacial score (nSPS) is 10.7. The molecule has 0 aliphatic carbocycles. The van der Waals surface area contributed by atoms with Crippen LogP contribution in [0.5, 0.6) is 5.75 Å². The van der Waals surface area contributed by atoms with Crippen LogP contribution in [0.2, 0.25) is 0 Å². The van der Waals surface area contributed by atoms with Crippen molar-refractivity contribution in [3.05, 3.63) is 77.4 Å². The monoisotopic (exact) mass is 367 g/mol. The van der Waals surface area contributed by atoms with Gasteiger partial charge in [0.2, 0.25) is 0 Å². The third kappa shape index (κ3) is 4.16. The number of carbonyl (C=O) groups excluding carboxylic acids is 1. The van der Waals surface area contributed by atoms with E-state index in [1.54, 1.807) is 24.1 Å². The number of likely N-dealkylation sites (N-methyl/N-ethyl adjacent to an activating group) is 1. The Hall–Kier alpha value is -3.15. The highest BCUT2D eigenvalue weighted by atomic mass is 19.1. The number of aromatic nitrogens is 2. The Kier molecular flexibility index (Phi) is 5.54. The standard InChI is InChI=1S/C21H22FN3O2/c1-15-18(16(2)25(23-15)17-9-5-4-6-10-17)13-24(3)21(26)14-27-20-12-8-7-11-19(20)22/h4-12H,13-14H2,1-3H3. The van der Waals surface area contributed by atoms with Crippen LogP contribution >= 0.6 is 0 Å². The first-order valence-electron chi connectivity index (χ1n) is 8.69. The first-order chi connectivity index (χ1) is 13.0. The van der Waals surface area contributed by atoms with E-state index in [9.17, 15) is 9.18 Å². The lowest BCUT2D eigenvalue weighted by atomic mass is 10.2. The van der Waals surface area contributed by atoms with Crippen LogP contribution < -0.4 is 4.74 Å². The number of carbonyl (C=O) groups is 1. The van der Waals surface area contributed by atoms with Crippen LogP contribution in [0.3, 0.4) is 0 Å². The summed E-state index contributed by atoms with van der Waals surface area (Å²) in [4.78, 5) is 13.9. The number of amides is 1. The number of ether oxygens (including phenoxy) is 1. The maximum atomic E-state index is 13.6. The van der Waals surface area contributed by atoms with Crippen LogP contribution in [-0.2, 0) is 11.3 Å². The van der Waals surface area contributed by atoms with Gasteiger partial charge in [-0.1, -0.05) is 30.3 Å². The second-order valence-electron chi connectivity index (χ2n) is 6.37. The predicted molar refractivity (Wildman–Crippen MR) is 101 cm³/mol. The Bertz CT molecular complexity index is 938.